The fraction of sp³-hybridized carbons (Fsp3) is 0.714. The number of carbonyl (C=O) groups is 2. The highest BCUT2D eigenvalue weighted by Crippen LogP contribution is 2.21. The van der Waals surface area contributed by atoms with Gasteiger partial charge in [0.25, 0.3) is 0 Å². The van der Waals surface area contributed by atoms with E-state index < -0.39 is 5.60 Å². The molecule has 0 aromatic rings. The lowest BCUT2D eigenvalue weighted by Gasteiger charge is -2.25. The van der Waals surface area contributed by atoms with E-state index in [0.717, 1.165) is 31.3 Å². The molecule has 1 N–H and O–H groups in total. The molecule has 0 aromatic carbocycles. The average molecular weight is 368 g/mol. The molecule has 0 aromatic heterocycles. The van der Waals surface area contributed by atoms with Crippen LogP contribution in [0.3, 0.4) is 0 Å². The van der Waals surface area contributed by atoms with Gasteiger partial charge in [0, 0.05) is 12.6 Å². The minimum atomic E-state index is -0.453. The van der Waals surface area contributed by atoms with Crippen LogP contribution in [0.1, 0.15) is 74.1 Å². The number of hydrogen-bond donors (Lipinski definition) is 1. The van der Waals surface area contributed by atoms with Gasteiger partial charge in [0.2, 0.25) is 0 Å². The van der Waals surface area contributed by atoms with Crippen LogP contribution in [0.5, 0.6) is 0 Å². The van der Waals surface area contributed by atoms with Crippen LogP contribution in [-0.2, 0) is 14.3 Å². The third kappa shape index (κ3) is 13.5. The molecule has 0 radical (unpaired) electrons. The first-order chi connectivity index (χ1) is 12.1. The Hall–Kier alpha value is -1.78. The summed E-state index contributed by atoms with van der Waals surface area (Å²) in [6.07, 6.45) is 8.95. The first-order valence-electron chi connectivity index (χ1n) is 9.58. The molecule has 0 aliphatic heterocycles. The Morgan fingerprint density at radius 3 is 2.42 bits per heavy atom. The summed E-state index contributed by atoms with van der Waals surface area (Å²) in [5.74, 6) is 0.228. The lowest BCUT2D eigenvalue weighted by molar-refractivity contribution is -0.141. The molecule has 0 bridgehead atoms. The molecule has 1 unspecified atom stereocenters. The van der Waals surface area contributed by atoms with Crippen LogP contribution in [0.4, 0.5) is 4.79 Å². The van der Waals surface area contributed by atoms with E-state index in [4.69, 9.17) is 9.47 Å². The van der Waals surface area contributed by atoms with Crippen LogP contribution in [0.25, 0.3) is 0 Å². The zero-order valence-corrected chi connectivity index (χ0v) is 17.6. The predicted molar refractivity (Wildman–Crippen MR) is 106 cm³/mol. The summed E-state index contributed by atoms with van der Waals surface area (Å²) < 4.78 is 10.5. The maximum Gasteiger partial charge on any atom is 0.407 e. The summed E-state index contributed by atoms with van der Waals surface area (Å²) in [4.78, 5) is 23.1. The Labute approximate surface area is 159 Å². The Morgan fingerprint density at radius 2 is 1.85 bits per heavy atom. The SMILES string of the molecule is CCNC(=O)OC(C)(C)CCCC(C)C/C=C/C(C)=C/C(=O)OC(C)C. The van der Waals surface area contributed by atoms with Crippen molar-refractivity contribution in [2.24, 2.45) is 5.92 Å². The molecular weight excluding hydrogens is 330 g/mol. The highest BCUT2D eigenvalue weighted by molar-refractivity contribution is 5.83. The van der Waals surface area contributed by atoms with E-state index in [9.17, 15) is 9.59 Å². The molecule has 0 heterocycles. The smallest absolute Gasteiger partial charge is 0.407 e. The molecule has 1 atom stereocenters. The van der Waals surface area contributed by atoms with Gasteiger partial charge in [0.05, 0.1) is 6.10 Å². The summed E-state index contributed by atoms with van der Waals surface area (Å²) in [5, 5.41) is 2.65. The normalized spacial score (nSPS) is 13.8. The summed E-state index contributed by atoms with van der Waals surface area (Å²) in [6.45, 7) is 14.1. The van der Waals surface area contributed by atoms with E-state index in [1.165, 1.54) is 6.08 Å². The quantitative estimate of drug-likeness (QED) is 0.311. The zero-order chi connectivity index (χ0) is 20.2. The molecule has 0 aliphatic rings. The lowest BCUT2D eigenvalue weighted by atomic mass is 9.95. The predicted octanol–water partition coefficient (Wildman–Crippen LogP) is 5.16. The Bertz CT molecular complexity index is 492. The van der Waals surface area contributed by atoms with Crippen LogP contribution in [-0.4, -0.2) is 30.3 Å². The summed E-state index contributed by atoms with van der Waals surface area (Å²) in [6, 6.07) is 0. The minimum absolute atomic E-state index is 0.100. The Morgan fingerprint density at radius 1 is 1.19 bits per heavy atom. The lowest BCUT2D eigenvalue weighted by Crippen LogP contribution is -2.34. The number of carbonyl (C=O) groups excluding carboxylic acids is 2. The van der Waals surface area contributed by atoms with Crippen molar-refractivity contribution in [3.63, 3.8) is 0 Å². The Balaban J connectivity index is 4.15. The fourth-order valence-electron chi connectivity index (χ4n) is 2.46. The molecule has 0 fully saturated rings. The van der Waals surface area contributed by atoms with Gasteiger partial charge in [-0.3, -0.25) is 0 Å². The van der Waals surface area contributed by atoms with Crippen LogP contribution in [0.2, 0.25) is 0 Å². The van der Waals surface area contributed by atoms with Crippen LogP contribution < -0.4 is 5.32 Å². The zero-order valence-electron chi connectivity index (χ0n) is 17.6. The molecule has 0 aliphatic carbocycles. The second-order valence-corrected chi connectivity index (χ2v) is 7.69. The van der Waals surface area contributed by atoms with Crippen molar-refractivity contribution in [1.82, 2.24) is 5.32 Å². The third-order valence-corrected chi connectivity index (χ3v) is 3.78. The molecule has 0 rings (SSSR count). The summed E-state index contributed by atoms with van der Waals surface area (Å²) in [5.41, 5.74) is 0.435. The van der Waals surface area contributed by atoms with E-state index in [-0.39, 0.29) is 18.2 Å². The van der Waals surface area contributed by atoms with Gasteiger partial charge >= 0.3 is 12.1 Å². The number of nitrogens with one attached hydrogen (secondary N) is 1. The first-order valence-corrected chi connectivity index (χ1v) is 9.58. The number of rotatable bonds is 11. The summed E-state index contributed by atoms with van der Waals surface area (Å²) in [7, 11) is 0. The minimum Gasteiger partial charge on any atom is -0.460 e. The van der Waals surface area contributed by atoms with Crippen molar-refractivity contribution in [2.75, 3.05) is 6.54 Å². The standard InChI is InChI=1S/C21H37NO4/c1-8-22-20(24)26-21(6,7)14-10-13-17(4)11-9-12-18(5)15-19(23)25-16(2)3/h9,12,15-17H,8,10-11,13-14H2,1-7H3,(H,22,24)/b12-9+,18-15+. The van der Waals surface area contributed by atoms with Crippen LogP contribution in [0.15, 0.2) is 23.8 Å². The van der Waals surface area contributed by atoms with Gasteiger partial charge < -0.3 is 14.8 Å². The average Bonchev–Trinajstić information content (AvgIpc) is 2.45. The fourth-order valence-corrected chi connectivity index (χ4v) is 2.46. The number of hydrogen-bond acceptors (Lipinski definition) is 4. The van der Waals surface area contributed by atoms with Crippen molar-refractivity contribution >= 4 is 12.1 Å². The maximum absolute atomic E-state index is 11.5. The van der Waals surface area contributed by atoms with Crippen molar-refractivity contribution in [3.05, 3.63) is 23.8 Å². The monoisotopic (exact) mass is 367 g/mol. The van der Waals surface area contributed by atoms with Crippen molar-refractivity contribution in [3.8, 4) is 0 Å². The molecule has 0 saturated carbocycles. The van der Waals surface area contributed by atoms with Gasteiger partial charge in [-0.1, -0.05) is 25.5 Å². The second kappa shape index (κ2) is 12.6. The van der Waals surface area contributed by atoms with Crippen molar-refractivity contribution < 1.29 is 19.1 Å². The topological polar surface area (TPSA) is 64.6 Å². The van der Waals surface area contributed by atoms with Gasteiger partial charge in [-0.05, 0) is 72.3 Å². The van der Waals surface area contributed by atoms with Gasteiger partial charge in [0.1, 0.15) is 5.60 Å². The molecule has 0 saturated heterocycles. The molecule has 26 heavy (non-hydrogen) atoms. The molecule has 5 nitrogen and oxygen atoms in total. The third-order valence-electron chi connectivity index (χ3n) is 3.78. The molecular formula is C21H37NO4. The number of ether oxygens (including phenoxy) is 2. The molecule has 1 amide bonds. The van der Waals surface area contributed by atoms with E-state index in [1.807, 2.05) is 47.6 Å². The van der Waals surface area contributed by atoms with Gasteiger partial charge in [-0.15, -0.1) is 0 Å². The van der Waals surface area contributed by atoms with Crippen LogP contribution >= 0.6 is 0 Å². The molecule has 0 spiro atoms. The van der Waals surface area contributed by atoms with E-state index >= 15 is 0 Å². The second-order valence-electron chi connectivity index (χ2n) is 7.69. The number of alkyl carbamates (subject to hydrolysis) is 1. The van der Waals surface area contributed by atoms with E-state index in [1.54, 1.807) is 0 Å². The van der Waals surface area contributed by atoms with Crippen molar-refractivity contribution in [1.29, 1.82) is 0 Å². The van der Waals surface area contributed by atoms with E-state index in [0.29, 0.717) is 12.5 Å². The summed E-state index contributed by atoms with van der Waals surface area (Å²) >= 11 is 0. The van der Waals surface area contributed by atoms with Gasteiger partial charge in [0.15, 0.2) is 0 Å². The highest BCUT2D eigenvalue weighted by Gasteiger charge is 2.22. The number of allylic oxidation sites excluding steroid dienone is 3. The van der Waals surface area contributed by atoms with E-state index in [2.05, 4.69) is 18.3 Å². The largest absolute Gasteiger partial charge is 0.460 e. The van der Waals surface area contributed by atoms with Crippen LogP contribution in [0, 0.1) is 5.92 Å². The van der Waals surface area contributed by atoms with Gasteiger partial charge in [-0.25, -0.2) is 9.59 Å². The first kappa shape index (κ1) is 24.2. The Kier molecular flexibility index (Phi) is 11.7. The highest BCUT2D eigenvalue weighted by atomic mass is 16.6. The number of amides is 1. The molecule has 5 heteroatoms. The molecule has 150 valence electrons. The maximum atomic E-state index is 11.5. The number of esters is 1. The van der Waals surface area contributed by atoms with Crippen molar-refractivity contribution in [2.45, 2.75) is 85.9 Å². The van der Waals surface area contributed by atoms with Gasteiger partial charge in [-0.2, -0.15) is 0 Å².